The fourth-order valence-electron chi connectivity index (χ4n) is 3.35. The van der Waals surface area contributed by atoms with Crippen molar-refractivity contribution in [2.45, 2.75) is 13.0 Å². The van der Waals surface area contributed by atoms with Crippen molar-refractivity contribution in [3.8, 4) is 5.75 Å². The molecule has 3 aromatic rings. The lowest BCUT2D eigenvalue weighted by molar-refractivity contribution is -0.130. The molecular formula is C25H28N4O3. The highest BCUT2D eigenvalue weighted by atomic mass is 16.5. The summed E-state index contributed by atoms with van der Waals surface area (Å²) in [5.41, 5.74) is 1.69. The third-order valence-electron chi connectivity index (χ3n) is 4.86. The number of nitrogens with zero attached hydrogens (tertiary/aromatic N) is 3. The van der Waals surface area contributed by atoms with Gasteiger partial charge in [-0.2, -0.15) is 0 Å². The second-order valence-electron chi connectivity index (χ2n) is 7.18. The molecule has 0 aliphatic rings. The van der Waals surface area contributed by atoms with Gasteiger partial charge in [0.1, 0.15) is 18.1 Å². The van der Waals surface area contributed by atoms with Gasteiger partial charge in [0.25, 0.3) is 5.91 Å². The van der Waals surface area contributed by atoms with Gasteiger partial charge in [-0.3, -0.25) is 9.59 Å². The Balaban J connectivity index is 1.64. The average molecular weight is 433 g/mol. The zero-order chi connectivity index (χ0) is 22.8. The summed E-state index contributed by atoms with van der Waals surface area (Å²) < 4.78 is 7.37. The largest absolute Gasteiger partial charge is 0.484 e. The topological polar surface area (TPSA) is 76.5 Å². The fourth-order valence-corrected chi connectivity index (χ4v) is 3.35. The van der Waals surface area contributed by atoms with Gasteiger partial charge in [0.15, 0.2) is 6.61 Å². The minimum Gasteiger partial charge on any atom is -0.484 e. The van der Waals surface area contributed by atoms with Crippen molar-refractivity contribution >= 4 is 22.8 Å². The second kappa shape index (κ2) is 11.5. The maximum Gasteiger partial charge on any atom is 0.257 e. The Bertz CT molecular complexity index is 1070. The Morgan fingerprint density at radius 3 is 2.44 bits per heavy atom. The third-order valence-corrected chi connectivity index (χ3v) is 4.86. The Hall–Kier alpha value is -3.87. The Morgan fingerprint density at radius 1 is 1.03 bits per heavy atom. The van der Waals surface area contributed by atoms with Gasteiger partial charge in [-0.05, 0) is 24.3 Å². The molecule has 0 radical (unpaired) electrons. The lowest BCUT2D eigenvalue weighted by Crippen LogP contribution is -2.35. The molecule has 0 fully saturated rings. The molecule has 7 heteroatoms. The number of carbonyl (C=O) groups is 2. The summed E-state index contributed by atoms with van der Waals surface area (Å²) in [6.07, 6.45) is 3.88. The molecule has 1 heterocycles. The molecular weight excluding hydrogens is 404 g/mol. The van der Waals surface area contributed by atoms with Gasteiger partial charge in [0.2, 0.25) is 5.91 Å². The molecule has 0 unspecified atom stereocenters. The van der Waals surface area contributed by atoms with Crippen LogP contribution in [-0.2, 0) is 22.6 Å². The SMILES string of the molecule is C=CCN(CC=C)C(=O)Cn1c(CCNC(=O)COc2ccccc2)nc2ccccc21. The molecule has 0 saturated carbocycles. The molecule has 166 valence electrons. The van der Waals surface area contributed by atoms with Crippen molar-refractivity contribution in [3.05, 3.63) is 85.7 Å². The Kier molecular flexibility index (Phi) is 8.20. The number of amides is 2. The van der Waals surface area contributed by atoms with E-state index in [2.05, 4.69) is 23.5 Å². The van der Waals surface area contributed by atoms with Gasteiger partial charge in [-0.25, -0.2) is 4.98 Å². The van der Waals surface area contributed by atoms with Gasteiger partial charge >= 0.3 is 0 Å². The number of benzene rings is 2. The van der Waals surface area contributed by atoms with E-state index in [1.807, 2.05) is 47.0 Å². The summed E-state index contributed by atoms with van der Waals surface area (Å²) in [5, 5.41) is 2.85. The molecule has 0 bridgehead atoms. The molecule has 7 nitrogen and oxygen atoms in total. The van der Waals surface area contributed by atoms with E-state index in [-0.39, 0.29) is 25.0 Å². The molecule has 32 heavy (non-hydrogen) atoms. The first-order valence-corrected chi connectivity index (χ1v) is 10.5. The van der Waals surface area contributed by atoms with E-state index < -0.39 is 0 Å². The van der Waals surface area contributed by atoms with Crippen LogP contribution in [0.5, 0.6) is 5.75 Å². The smallest absolute Gasteiger partial charge is 0.257 e. The number of hydrogen-bond acceptors (Lipinski definition) is 4. The van der Waals surface area contributed by atoms with Crippen LogP contribution in [0.15, 0.2) is 79.9 Å². The van der Waals surface area contributed by atoms with Crippen LogP contribution in [0.2, 0.25) is 0 Å². The van der Waals surface area contributed by atoms with E-state index in [1.165, 1.54) is 0 Å². The summed E-state index contributed by atoms with van der Waals surface area (Å²) in [6, 6.07) is 16.9. The van der Waals surface area contributed by atoms with Crippen LogP contribution in [0, 0.1) is 0 Å². The van der Waals surface area contributed by atoms with Crippen molar-refractivity contribution in [2.75, 3.05) is 26.2 Å². The molecule has 0 atom stereocenters. The Labute approximate surface area is 188 Å². The molecule has 2 aromatic carbocycles. The summed E-state index contributed by atoms with van der Waals surface area (Å²) in [5.74, 6) is 1.12. The number of ether oxygens (including phenoxy) is 1. The van der Waals surface area contributed by atoms with E-state index in [0.717, 1.165) is 16.9 Å². The van der Waals surface area contributed by atoms with Crippen LogP contribution < -0.4 is 10.1 Å². The maximum absolute atomic E-state index is 12.9. The van der Waals surface area contributed by atoms with Crippen molar-refractivity contribution < 1.29 is 14.3 Å². The number of carbonyl (C=O) groups excluding carboxylic acids is 2. The van der Waals surface area contributed by atoms with E-state index >= 15 is 0 Å². The van der Waals surface area contributed by atoms with Crippen LogP contribution in [0.3, 0.4) is 0 Å². The number of hydrogen-bond donors (Lipinski definition) is 1. The van der Waals surface area contributed by atoms with Crippen LogP contribution in [-0.4, -0.2) is 52.5 Å². The van der Waals surface area contributed by atoms with Crippen molar-refractivity contribution in [3.63, 3.8) is 0 Å². The normalized spacial score (nSPS) is 10.5. The average Bonchev–Trinajstić information content (AvgIpc) is 3.15. The number of rotatable bonds is 12. The fraction of sp³-hybridized carbons (Fsp3) is 0.240. The van der Waals surface area contributed by atoms with Crippen LogP contribution >= 0.6 is 0 Å². The number of imidazole rings is 1. The number of nitrogens with one attached hydrogen (secondary N) is 1. The van der Waals surface area contributed by atoms with E-state index in [9.17, 15) is 9.59 Å². The van der Waals surface area contributed by atoms with Gasteiger partial charge < -0.3 is 19.5 Å². The predicted octanol–water partition coefficient (Wildman–Crippen LogP) is 2.97. The lowest BCUT2D eigenvalue weighted by atomic mass is 10.3. The van der Waals surface area contributed by atoms with Gasteiger partial charge in [-0.15, -0.1) is 13.2 Å². The van der Waals surface area contributed by atoms with Gasteiger partial charge in [0, 0.05) is 26.1 Å². The molecule has 2 amide bonds. The number of aromatic nitrogens is 2. The first-order valence-electron chi connectivity index (χ1n) is 10.5. The monoisotopic (exact) mass is 432 g/mol. The number of para-hydroxylation sites is 3. The molecule has 1 aromatic heterocycles. The highest BCUT2D eigenvalue weighted by Crippen LogP contribution is 2.17. The standard InChI is InChI=1S/C25H28N4O3/c1-3-16-28(17-4-2)25(31)18-29-22-13-9-8-12-21(22)27-23(29)14-15-26-24(30)19-32-20-10-6-5-7-11-20/h3-13H,1-2,14-19H2,(H,26,30). The van der Waals surface area contributed by atoms with Crippen LogP contribution in [0.4, 0.5) is 0 Å². The molecule has 0 aliphatic carbocycles. The minimum atomic E-state index is -0.212. The second-order valence-corrected chi connectivity index (χ2v) is 7.18. The van der Waals surface area contributed by atoms with E-state index in [4.69, 9.17) is 4.74 Å². The zero-order valence-electron chi connectivity index (χ0n) is 18.1. The lowest BCUT2D eigenvalue weighted by Gasteiger charge is -2.20. The zero-order valence-corrected chi connectivity index (χ0v) is 18.1. The molecule has 0 aliphatic heterocycles. The predicted molar refractivity (Wildman–Crippen MR) is 125 cm³/mol. The summed E-state index contributed by atoms with van der Waals surface area (Å²) >= 11 is 0. The highest BCUT2D eigenvalue weighted by molar-refractivity contribution is 5.81. The molecule has 1 N–H and O–H groups in total. The quantitative estimate of drug-likeness (QED) is 0.447. The summed E-state index contributed by atoms with van der Waals surface area (Å²) in [6.45, 7) is 8.83. The van der Waals surface area contributed by atoms with E-state index in [1.54, 1.807) is 29.2 Å². The first kappa shape index (κ1) is 22.8. The molecule has 0 saturated heterocycles. The number of fused-ring (bicyclic) bond motifs is 1. The molecule has 3 rings (SSSR count). The maximum atomic E-state index is 12.9. The Morgan fingerprint density at radius 2 is 1.72 bits per heavy atom. The van der Waals surface area contributed by atoms with Crippen molar-refractivity contribution in [2.24, 2.45) is 0 Å². The van der Waals surface area contributed by atoms with Crippen LogP contribution in [0.25, 0.3) is 11.0 Å². The van der Waals surface area contributed by atoms with Crippen molar-refractivity contribution in [1.82, 2.24) is 19.8 Å². The first-order chi connectivity index (χ1) is 15.6. The summed E-state index contributed by atoms with van der Waals surface area (Å²) in [4.78, 5) is 31.4. The minimum absolute atomic E-state index is 0.0468. The highest BCUT2D eigenvalue weighted by Gasteiger charge is 2.17. The van der Waals surface area contributed by atoms with Gasteiger partial charge in [0.05, 0.1) is 11.0 Å². The molecule has 0 spiro atoms. The van der Waals surface area contributed by atoms with Crippen molar-refractivity contribution in [1.29, 1.82) is 0 Å². The van der Waals surface area contributed by atoms with Gasteiger partial charge in [-0.1, -0.05) is 42.5 Å². The third kappa shape index (κ3) is 6.07. The van der Waals surface area contributed by atoms with E-state index in [0.29, 0.717) is 31.8 Å². The van der Waals surface area contributed by atoms with Crippen LogP contribution in [0.1, 0.15) is 5.82 Å². The summed E-state index contributed by atoms with van der Waals surface area (Å²) in [7, 11) is 0.